The fourth-order valence-electron chi connectivity index (χ4n) is 1.52. The average Bonchev–Trinajstić information content (AvgIpc) is 2.41. The minimum atomic E-state index is -0.455. The van der Waals surface area contributed by atoms with Gasteiger partial charge < -0.3 is 10.6 Å². The summed E-state index contributed by atoms with van der Waals surface area (Å²) in [5.74, 6) is 0.610. The summed E-state index contributed by atoms with van der Waals surface area (Å²) in [6, 6.07) is 9.83. The van der Waals surface area contributed by atoms with Gasteiger partial charge in [-0.05, 0) is 36.8 Å². The van der Waals surface area contributed by atoms with Gasteiger partial charge in [-0.25, -0.2) is 4.98 Å². The molecule has 102 valence electrons. The Kier molecular flexibility index (Phi) is 4.21. The molecule has 0 saturated heterocycles. The zero-order valence-corrected chi connectivity index (χ0v) is 11.5. The van der Waals surface area contributed by atoms with E-state index in [4.69, 9.17) is 12.2 Å². The van der Waals surface area contributed by atoms with Crippen LogP contribution in [0.15, 0.2) is 42.6 Å². The molecule has 0 radical (unpaired) electrons. The number of benzene rings is 1. The van der Waals surface area contributed by atoms with Crippen LogP contribution in [0, 0.1) is 17.0 Å². The lowest BCUT2D eigenvalue weighted by molar-refractivity contribution is -0.384. The van der Waals surface area contributed by atoms with Gasteiger partial charge in [-0.1, -0.05) is 12.1 Å². The van der Waals surface area contributed by atoms with Gasteiger partial charge in [0, 0.05) is 24.0 Å². The number of aryl methyl sites for hydroxylation is 1. The van der Waals surface area contributed by atoms with Crippen molar-refractivity contribution in [2.75, 3.05) is 10.6 Å². The summed E-state index contributed by atoms with van der Waals surface area (Å²) in [5, 5.41) is 16.8. The summed E-state index contributed by atoms with van der Waals surface area (Å²) >= 11 is 5.13. The van der Waals surface area contributed by atoms with Gasteiger partial charge in [0.15, 0.2) is 5.11 Å². The smallest absolute Gasteiger partial charge is 0.271 e. The van der Waals surface area contributed by atoms with Crippen LogP contribution < -0.4 is 10.6 Å². The van der Waals surface area contributed by atoms with Crippen molar-refractivity contribution < 1.29 is 4.92 Å². The Morgan fingerprint density at radius 3 is 2.75 bits per heavy atom. The summed E-state index contributed by atoms with van der Waals surface area (Å²) < 4.78 is 0. The van der Waals surface area contributed by atoms with Crippen LogP contribution in [0.1, 0.15) is 5.56 Å². The first-order valence-corrected chi connectivity index (χ1v) is 6.20. The van der Waals surface area contributed by atoms with Crippen LogP contribution in [0.4, 0.5) is 17.2 Å². The lowest BCUT2D eigenvalue weighted by Gasteiger charge is -2.09. The Morgan fingerprint density at radius 1 is 1.30 bits per heavy atom. The molecule has 1 aromatic heterocycles. The van der Waals surface area contributed by atoms with Crippen molar-refractivity contribution in [3.63, 3.8) is 0 Å². The van der Waals surface area contributed by atoms with Crippen molar-refractivity contribution in [3.8, 4) is 0 Å². The van der Waals surface area contributed by atoms with Crippen molar-refractivity contribution in [1.29, 1.82) is 0 Å². The maximum absolute atomic E-state index is 10.7. The number of nitro benzene ring substituents is 1. The van der Waals surface area contributed by atoms with Crippen LogP contribution in [-0.2, 0) is 0 Å². The van der Waals surface area contributed by atoms with Crippen LogP contribution in [0.25, 0.3) is 0 Å². The largest absolute Gasteiger partial charge is 0.332 e. The Morgan fingerprint density at radius 2 is 2.10 bits per heavy atom. The average molecular weight is 288 g/mol. The van der Waals surface area contributed by atoms with Gasteiger partial charge in [0.1, 0.15) is 5.82 Å². The van der Waals surface area contributed by atoms with E-state index in [1.807, 2.05) is 13.0 Å². The molecule has 0 saturated carbocycles. The van der Waals surface area contributed by atoms with Crippen LogP contribution >= 0.6 is 12.2 Å². The van der Waals surface area contributed by atoms with Gasteiger partial charge in [0.05, 0.1) is 4.92 Å². The third-order valence-corrected chi connectivity index (χ3v) is 2.67. The first-order valence-electron chi connectivity index (χ1n) is 5.80. The molecule has 0 aliphatic rings. The number of nitro groups is 1. The summed E-state index contributed by atoms with van der Waals surface area (Å²) in [5.41, 5.74) is 1.60. The second-order valence-electron chi connectivity index (χ2n) is 4.11. The van der Waals surface area contributed by atoms with E-state index in [9.17, 15) is 10.1 Å². The van der Waals surface area contributed by atoms with Gasteiger partial charge in [-0.3, -0.25) is 10.1 Å². The second kappa shape index (κ2) is 6.07. The van der Waals surface area contributed by atoms with Crippen LogP contribution in [0.2, 0.25) is 0 Å². The number of aromatic nitrogens is 1. The number of pyridine rings is 1. The maximum atomic E-state index is 10.7. The zero-order valence-electron chi connectivity index (χ0n) is 10.7. The first kappa shape index (κ1) is 13.9. The normalized spacial score (nSPS) is 9.85. The van der Waals surface area contributed by atoms with Gasteiger partial charge in [0.2, 0.25) is 0 Å². The molecular formula is C13H12N4O2S. The molecule has 2 rings (SSSR count). The Balaban J connectivity index is 2.02. The number of nitrogens with zero attached hydrogens (tertiary/aromatic N) is 2. The van der Waals surface area contributed by atoms with Gasteiger partial charge in [-0.2, -0.15) is 0 Å². The van der Waals surface area contributed by atoms with Gasteiger partial charge >= 0.3 is 0 Å². The van der Waals surface area contributed by atoms with Crippen LogP contribution in [0.3, 0.4) is 0 Å². The molecule has 2 N–H and O–H groups in total. The van der Waals surface area contributed by atoms with Crippen molar-refractivity contribution in [2.45, 2.75) is 6.92 Å². The molecule has 0 amide bonds. The second-order valence-corrected chi connectivity index (χ2v) is 4.52. The number of hydrogen-bond acceptors (Lipinski definition) is 4. The Labute approximate surface area is 121 Å². The highest BCUT2D eigenvalue weighted by atomic mass is 32.1. The van der Waals surface area contributed by atoms with E-state index < -0.39 is 4.92 Å². The highest BCUT2D eigenvalue weighted by molar-refractivity contribution is 7.80. The SMILES string of the molecule is Cc1ccc(NC(=S)Nc2cccc([N+](=O)[O-])c2)nc1. The predicted octanol–water partition coefficient (Wildman–Crippen LogP) is 3.11. The van der Waals surface area contributed by atoms with E-state index in [1.165, 1.54) is 12.1 Å². The first-order chi connectivity index (χ1) is 9.54. The number of nitrogens with one attached hydrogen (secondary N) is 2. The van der Waals surface area contributed by atoms with Crippen molar-refractivity contribution >= 4 is 34.5 Å². The quantitative estimate of drug-likeness (QED) is 0.513. The molecular weight excluding hydrogens is 276 g/mol. The van der Waals surface area contributed by atoms with E-state index in [1.54, 1.807) is 24.4 Å². The third kappa shape index (κ3) is 3.72. The summed E-state index contributed by atoms with van der Waals surface area (Å²) in [7, 11) is 0. The molecule has 6 nitrogen and oxygen atoms in total. The summed E-state index contributed by atoms with van der Waals surface area (Å²) in [6.45, 7) is 1.94. The topological polar surface area (TPSA) is 80.1 Å². The standard InChI is InChI=1S/C13H12N4O2S/c1-9-5-6-12(14-8-9)16-13(20)15-10-3-2-4-11(7-10)17(18)19/h2-8H,1H3,(H2,14,15,16,20). The van der Waals surface area contributed by atoms with Crippen molar-refractivity contribution in [1.82, 2.24) is 4.98 Å². The molecule has 20 heavy (non-hydrogen) atoms. The fourth-order valence-corrected chi connectivity index (χ4v) is 1.74. The molecule has 7 heteroatoms. The molecule has 0 aliphatic carbocycles. The van der Waals surface area contributed by atoms with Gasteiger partial charge in [-0.15, -0.1) is 0 Å². The fraction of sp³-hybridized carbons (Fsp3) is 0.0769. The Bertz CT molecular complexity index is 643. The van der Waals surface area contributed by atoms with E-state index in [2.05, 4.69) is 15.6 Å². The molecule has 2 aromatic rings. The zero-order chi connectivity index (χ0) is 14.5. The monoisotopic (exact) mass is 288 g/mol. The number of hydrogen-bond donors (Lipinski definition) is 2. The van der Waals surface area contributed by atoms with Crippen LogP contribution in [0.5, 0.6) is 0 Å². The number of anilines is 2. The number of non-ortho nitro benzene ring substituents is 1. The molecule has 0 unspecified atom stereocenters. The number of thiocarbonyl (C=S) groups is 1. The van der Waals surface area contributed by atoms with E-state index in [-0.39, 0.29) is 5.69 Å². The van der Waals surface area contributed by atoms with Gasteiger partial charge in [0.25, 0.3) is 5.69 Å². The van der Waals surface area contributed by atoms with Crippen LogP contribution in [-0.4, -0.2) is 15.0 Å². The van der Waals surface area contributed by atoms with E-state index in [0.717, 1.165) is 5.56 Å². The van der Waals surface area contributed by atoms with E-state index >= 15 is 0 Å². The molecule has 0 aliphatic heterocycles. The highest BCUT2D eigenvalue weighted by Gasteiger charge is 2.06. The molecule has 0 fully saturated rings. The van der Waals surface area contributed by atoms with Crippen molar-refractivity contribution in [2.24, 2.45) is 0 Å². The third-order valence-electron chi connectivity index (χ3n) is 2.47. The minimum absolute atomic E-state index is 0.00580. The molecule has 0 spiro atoms. The molecule has 0 bridgehead atoms. The van der Waals surface area contributed by atoms with E-state index in [0.29, 0.717) is 16.6 Å². The molecule has 1 heterocycles. The lowest BCUT2D eigenvalue weighted by atomic mass is 10.3. The summed E-state index contributed by atoms with van der Waals surface area (Å²) in [4.78, 5) is 14.4. The minimum Gasteiger partial charge on any atom is -0.332 e. The Hall–Kier alpha value is -2.54. The lowest BCUT2D eigenvalue weighted by Crippen LogP contribution is -2.19. The maximum Gasteiger partial charge on any atom is 0.271 e. The highest BCUT2D eigenvalue weighted by Crippen LogP contribution is 2.17. The molecule has 0 atom stereocenters. The summed E-state index contributed by atoms with van der Waals surface area (Å²) in [6.07, 6.45) is 1.72. The van der Waals surface area contributed by atoms with Crippen molar-refractivity contribution in [3.05, 3.63) is 58.3 Å². The molecule has 1 aromatic carbocycles. The number of rotatable bonds is 3. The predicted molar refractivity (Wildman–Crippen MR) is 81.9 cm³/mol.